The third kappa shape index (κ3) is 1.92. The van der Waals surface area contributed by atoms with E-state index in [1.54, 1.807) is 6.20 Å². The molecule has 0 aromatic carbocycles. The molecule has 2 saturated heterocycles. The molecule has 3 rings (SSSR count). The third-order valence-corrected chi connectivity index (χ3v) is 3.67. The molecule has 86 valence electrons. The summed E-state index contributed by atoms with van der Waals surface area (Å²) in [6, 6.07) is 5.35. The fourth-order valence-corrected chi connectivity index (χ4v) is 2.85. The molecule has 3 nitrogen and oxygen atoms in total. The highest BCUT2D eigenvalue weighted by Gasteiger charge is 2.34. The van der Waals surface area contributed by atoms with E-state index in [4.69, 9.17) is 4.74 Å². The molecule has 2 bridgehead atoms. The normalized spacial score (nSPS) is 32.7. The Hall–Kier alpha value is -1.09. The van der Waals surface area contributed by atoms with Gasteiger partial charge in [-0.2, -0.15) is 0 Å². The van der Waals surface area contributed by atoms with Crippen molar-refractivity contribution in [2.24, 2.45) is 0 Å². The van der Waals surface area contributed by atoms with Crippen molar-refractivity contribution in [3.05, 3.63) is 23.9 Å². The minimum absolute atomic E-state index is 0.354. The standard InChI is InChI=1S/C13H18N2O/c1-9-3-2-6-14-13(9)16-12-7-10-4-5-11(8-12)15-10/h2-3,6,10-12,15H,4-5,7-8H2,1H3. The average molecular weight is 218 g/mol. The van der Waals surface area contributed by atoms with Crippen LogP contribution in [0.4, 0.5) is 0 Å². The summed E-state index contributed by atoms with van der Waals surface area (Å²) in [6.07, 6.45) is 7.04. The van der Waals surface area contributed by atoms with Crippen molar-refractivity contribution < 1.29 is 4.74 Å². The van der Waals surface area contributed by atoms with E-state index in [9.17, 15) is 0 Å². The third-order valence-electron chi connectivity index (χ3n) is 3.67. The molecule has 0 radical (unpaired) electrons. The lowest BCUT2D eigenvalue weighted by Gasteiger charge is -2.29. The average Bonchev–Trinajstić information content (AvgIpc) is 2.62. The lowest BCUT2D eigenvalue weighted by Crippen LogP contribution is -2.42. The van der Waals surface area contributed by atoms with E-state index in [0.29, 0.717) is 18.2 Å². The SMILES string of the molecule is Cc1cccnc1OC1CC2CCC(C1)N2. The number of nitrogens with zero attached hydrogens (tertiary/aromatic N) is 1. The van der Waals surface area contributed by atoms with E-state index >= 15 is 0 Å². The van der Waals surface area contributed by atoms with E-state index < -0.39 is 0 Å². The molecular weight excluding hydrogens is 200 g/mol. The van der Waals surface area contributed by atoms with E-state index in [1.165, 1.54) is 12.8 Å². The molecule has 2 atom stereocenters. The zero-order valence-electron chi connectivity index (χ0n) is 9.65. The summed E-state index contributed by atoms with van der Waals surface area (Å²) < 4.78 is 6.02. The molecule has 2 aliphatic heterocycles. The van der Waals surface area contributed by atoms with Crippen LogP contribution in [-0.2, 0) is 0 Å². The molecule has 0 spiro atoms. The fraction of sp³-hybridized carbons (Fsp3) is 0.615. The van der Waals surface area contributed by atoms with Gasteiger partial charge < -0.3 is 10.1 Å². The number of aromatic nitrogens is 1. The Labute approximate surface area is 96.2 Å². The predicted octanol–water partition coefficient (Wildman–Crippen LogP) is 2.05. The molecule has 16 heavy (non-hydrogen) atoms. The Balaban J connectivity index is 1.69. The molecule has 1 aromatic heterocycles. The van der Waals surface area contributed by atoms with Gasteiger partial charge in [-0.1, -0.05) is 6.07 Å². The van der Waals surface area contributed by atoms with Gasteiger partial charge in [0.15, 0.2) is 0 Å². The van der Waals surface area contributed by atoms with E-state index in [-0.39, 0.29) is 0 Å². The van der Waals surface area contributed by atoms with E-state index in [1.807, 2.05) is 6.07 Å². The summed E-state index contributed by atoms with van der Waals surface area (Å²) in [5.41, 5.74) is 1.13. The Kier molecular flexibility index (Phi) is 2.56. The topological polar surface area (TPSA) is 34.1 Å². The Morgan fingerprint density at radius 3 is 2.75 bits per heavy atom. The first-order valence-electron chi connectivity index (χ1n) is 6.15. The van der Waals surface area contributed by atoms with E-state index in [2.05, 4.69) is 23.3 Å². The monoisotopic (exact) mass is 218 g/mol. The largest absolute Gasteiger partial charge is 0.474 e. The lowest BCUT2D eigenvalue weighted by atomic mass is 10.0. The highest BCUT2D eigenvalue weighted by atomic mass is 16.5. The number of nitrogens with one attached hydrogen (secondary N) is 1. The molecule has 1 aromatic rings. The van der Waals surface area contributed by atoms with Crippen LogP contribution in [0.2, 0.25) is 0 Å². The minimum Gasteiger partial charge on any atom is -0.474 e. The number of piperidine rings is 1. The maximum Gasteiger partial charge on any atom is 0.216 e. The summed E-state index contributed by atoms with van der Waals surface area (Å²) in [5.74, 6) is 0.814. The number of hydrogen-bond donors (Lipinski definition) is 1. The summed E-state index contributed by atoms with van der Waals surface area (Å²) in [5, 5.41) is 3.62. The zero-order chi connectivity index (χ0) is 11.0. The van der Waals surface area contributed by atoms with Crippen LogP contribution < -0.4 is 10.1 Å². The molecule has 0 aliphatic carbocycles. The van der Waals surface area contributed by atoms with Crippen molar-refractivity contribution in [1.29, 1.82) is 0 Å². The summed E-state index contributed by atoms with van der Waals surface area (Å²) in [4.78, 5) is 4.30. The first-order chi connectivity index (χ1) is 7.81. The van der Waals surface area contributed by atoms with Crippen LogP contribution in [0.15, 0.2) is 18.3 Å². The van der Waals surface area contributed by atoms with Crippen LogP contribution in [-0.4, -0.2) is 23.2 Å². The molecule has 2 unspecified atom stereocenters. The van der Waals surface area contributed by atoms with Crippen molar-refractivity contribution in [3.8, 4) is 5.88 Å². The zero-order valence-corrected chi connectivity index (χ0v) is 9.65. The van der Waals surface area contributed by atoms with Gasteiger partial charge in [0.1, 0.15) is 6.10 Å². The van der Waals surface area contributed by atoms with Gasteiger partial charge in [-0.25, -0.2) is 4.98 Å². The number of aryl methyl sites for hydroxylation is 1. The van der Waals surface area contributed by atoms with Gasteiger partial charge >= 0.3 is 0 Å². The van der Waals surface area contributed by atoms with Gasteiger partial charge in [-0.3, -0.25) is 0 Å². The van der Waals surface area contributed by atoms with Gasteiger partial charge in [0.05, 0.1) is 0 Å². The van der Waals surface area contributed by atoms with E-state index in [0.717, 1.165) is 24.3 Å². The molecular formula is C13H18N2O. The number of rotatable bonds is 2. The number of ether oxygens (including phenoxy) is 1. The highest BCUT2D eigenvalue weighted by molar-refractivity contribution is 5.23. The first kappa shape index (κ1) is 10.1. The summed E-state index contributed by atoms with van der Waals surface area (Å²) in [7, 11) is 0. The Morgan fingerprint density at radius 1 is 1.31 bits per heavy atom. The molecule has 0 amide bonds. The van der Waals surface area contributed by atoms with Crippen molar-refractivity contribution in [2.45, 2.75) is 50.8 Å². The van der Waals surface area contributed by atoms with Crippen LogP contribution in [0.5, 0.6) is 5.88 Å². The number of hydrogen-bond acceptors (Lipinski definition) is 3. The second-order valence-electron chi connectivity index (χ2n) is 4.97. The maximum atomic E-state index is 6.02. The maximum absolute atomic E-state index is 6.02. The fourth-order valence-electron chi connectivity index (χ4n) is 2.85. The molecule has 2 aliphatic rings. The quantitative estimate of drug-likeness (QED) is 0.825. The summed E-state index contributed by atoms with van der Waals surface area (Å²) >= 11 is 0. The smallest absolute Gasteiger partial charge is 0.216 e. The van der Waals surface area contributed by atoms with Gasteiger partial charge in [0.2, 0.25) is 5.88 Å². The second kappa shape index (κ2) is 4.06. The molecule has 2 fully saturated rings. The van der Waals surface area contributed by atoms with Crippen LogP contribution >= 0.6 is 0 Å². The van der Waals surface area contributed by atoms with Crippen molar-refractivity contribution in [1.82, 2.24) is 10.3 Å². The van der Waals surface area contributed by atoms with Crippen LogP contribution in [0.25, 0.3) is 0 Å². The first-order valence-corrected chi connectivity index (χ1v) is 6.15. The number of pyridine rings is 1. The minimum atomic E-state index is 0.354. The second-order valence-corrected chi connectivity index (χ2v) is 4.97. The van der Waals surface area contributed by atoms with Gasteiger partial charge in [0.25, 0.3) is 0 Å². The predicted molar refractivity (Wildman–Crippen MR) is 62.6 cm³/mol. The molecule has 1 N–H and O–H groups in total. The van der Waals surface area contributed by atoms with Crippen molar-refractivity contribution in [2.75, 3.05) is 0 Å². The molecule has 0 saturated carbocycles. The highest BCUT2D eigenvalue weighted by Crippen LogP contribution is 2.29. The van der Waals surface area contributed by atoms with Crippen LogP contribution in [0.1, 0.15) is 31.2 Å². The van der Waals surface area contributed by atoms with Gasteiger partial charge in [0, 0.05) is 23.8 Å². The lowest BCUT2D eigenvalue weighted by molar-refractivity contribution is 0.131. The Morgan fingerprint density at radius 2 is 2.06 bits per heavy atom. The van der Waals surface area contributed by atoms with Crippen LogP contribution in [0, 0.1) is 6.92 Å². The summed E-state index contributed by atoms with van der Waals surface area (Å²) in [6.45, 7) is 2.05. The van der Waals surface area contributed by atoms with Gasteiger partial charge in [-0.15, -0.1) is 0 Å². The molecule has 3 heteroatoms. The van der Waals surface area contributed by atoms with Crippen molar-refractivity contribution in [3.63, 3.8) is 0 Å². The van der Waals surface area contributed by atoms with Crippen LogP contribution in [0.3, 0.4) is 0 Å². The molecule has 3 heterocycles. The van der Waals surface area contributed by atoms with Crippen molar-refractivity contribution >= 4 is 0 Å². The Bertz CT molecular complexity index is 368. The van der Waals surface area contributed by atoms with Gasteiger partial charge in [-0.05, 0) is 38.7 Å². The number of fused-ring (bicyclic) bond motifs is 2.